The molecule has 4 nitrogen and oxygen atoms in total. The third-order valence-corrected chi connectivity index (χ3v) is 3.56. The first-order valence-corrected chi connectivity index (χ1v) is 6.39. The Morgan fingerprint density at radius 3 is 2.81 bits per heavy atom. The van der Waals surface area contributed by atoms with Crippen molar-refractivity contribution in [2.24, 2.45) is 11.8 Å². The molecule has 0 radical (unpaired) electrons. The topological polar surface area (TPSA) is 42.7 Å². The highest BCUT2D eigenvalue weighted by molar-refractivity contribution is 4.72. The van der Waals surface area contributed by atoms with Crippen molar-refractivity contribution in [3.05, 3.63) is 12.4 Å². The molecular weight excluding hydrogens is 200 g/mol. The second-order valence-corrected chi connectivity index (χ2v) is 5.00. The number of nitrogens with one attached hydrogen (secondary N) is 1. The molecule has 0 saturated heterocycles. The molecule has 0 amide bonds. The smallest absolute Gasteiger partial charge is 0.0692 e. The molecule has 16 heavy (non-hydrogen) atoms. The largest absolute Gasteiger partial charge is 0.315 e. The van der Waals surface area contributed by atoms with Gasteiger partial charge in [-0.1, -0.05) is 25.0 Å². The van der Waals surface area contributed by atoms with Crippen molar-refractivity contribution >= 4 is 0 Å². The van der Waals surface area contributed by atoms with Gasteiger partial charge in [0.2, 0.25) is 0 Å². The second kappa shape index (κ2) is 5.99. The Hall–Kier alpha value is -0.900. The first-order valence-electron chi connectivity index (χ1n) is 6.39. The van der Waals surface area contributed by atoms with E-state index in [0.717, 1.165) is 24.9 Å². The average Bonchev–Trinajstić information content (AvgIpc) is 2.80. The number of hydrogen-bond acceptors (Lipinski definition) is 3. The zero-order valence-corrected chi connectivity index (χ0v) is 10.1. The van der Waals surface area contributed by atoms with E-state index in [-0.39, 0.29) is 0 Å². The monoisotopic (exact) mass is 222 g/mol. The molecule has 0 aliphatic heterocycles. The molecule has 0 spiro atoms. The van der Waals surface area contributed by atoms with E-state index in [2.05, 4.69) is 22.6 Å². The Balaban J connectivity index is 1.55. The molecule has 0 bridgehead atoms. The van der Waals surface area contributed by atoms with Gasteiger partial charge in [0.1, 0.15) is 0 Å². The fourth-order valence-electron chi connectivity index (χ4n) is 2.39. The SMILES string of the molecule is CC1CCC(CNCCn2ccnn2)CC1. The summed E-state index contributed by atoms with van der Waals surface area (Å²) in [5.74, 6) is 1.85. The Kier molecular flexibility index (Phi) is 4.34. The van der Waals surface area contributed by atoms with Crippen LogP contribution in [0.1, 0.15) is 32.6 Å². The first kappa shape index (κ1) is 11.6. The molecule has 0 unspecified atom stereocenters. The van der Waals surface area contributed by atoms with Gasteiger partial charge in [0, 0.05) is 12.7 Å². The van der Waals surface area contributed by atoms with Crippen molar-refractivity contribution in [3.8, 4) is 0 Å². The van der Waals surface area contributed by atoms with Crippen LogP contribution >= 0.6 is 0 Å². The maximum Gasteiger partial charge on any atom is 0.0692 e. The van der Waals surface area contributed by atoms with Crippen molar-refractivity contribution in [1.82, 2.24) is 20.3 Å². The van der Waals surface area contributed by atoms with Crippen LogP contribution in [-0.2, 0) is 6.54 Å². The molecule has 4 heteroatoms. The van der Waals surface area contributed by atoms with Crippen molar-refractivity contribution in [2.45, 2.75) is 39.2 Å². The summed E-state index contributed by atoms with van der Waals surface area (Å²) in [6, 6.07) is 0. The molecular formula is C12H22N4. The molecule has 1 heterocycles. The van der Waals surface area contributed by atoms with E-state index in [9.17, 15) is 0 Å². The molecule has 1 N–H and O–H groups in total. The van der Waals surface area contributed by atoms with Crippen LogP contribution in [0.25, 0.3) is 0 Å². The van der Waals surface area contributed by atoms with Crippen LogP contribution in [0, 0.1) is 11.8 Å². The zero-order chi connectivity index (χ0) is 11.2. The van der Waals surface area contributed by atoms with E-state index < -0.39 is 0 Å². The summed E-state index contributed by atoms with van der Waals surface area (Å²) in [7, 11) is 0. The van der Waals surface area contributed by atoms with Gasteiger partial charge in [-0.3, -0.25) is 4.68 Å². The predicted molar refractivity (Wildman–Crippen MR) is 64.0 cm³/mol. The number of nitrogens with zero attached hydrogens (tertiary/aromatic N) is 3. The van der Waals surface area contributed by atoms with Gasteiger partial charge in [-0.05, 0) is 31.2 Å². The molecule has 1 fully saturated rings. The van der Waals surface area contributed by atoms with Gasteiger partial charge < -0.3 is 5.32 Å². The van der Waals surface area contributed by atoms with Crippen LogP contribution in [0.15, 0.2) is 12.4 Å². The summed E-state index contributed by atoms with van der Waals surface area (Å²) < 4.78 is 1.87. The van der Waals surface area contributed by atoms with E-state index in [4.69, 9.17) is 0 Å². The van der Waals surface area contributed by atoms with E-state index in [1.54, 1.807) is 6.20 Å². The van der Waals surface area contributed by atoms with Crippen LogP contribution in [0.5, 0.6) is 0 Å². The van der Waals surface area contributed by atoms with E-state index in [1.165, 1.54) is 32.2 Å². The summed E-state index contributed by atoms with van der Waals surface area (Å²) in [4.78, 5) is 0. The average molecular weight is 222 g/mol. The highest BCUT2D eigenvalue weighted by atomic mass is 15.4. The van der Waals surface area contributed by atoms with Gasteiger partial charge in [-0.15, -0.1) is 5.10 Å². The van der Waals surface area contributed by atoms with Gasteiger partial charge in [-0.2, -0.15) is 0 Å². The molecule has 0 aromatic carbocycles. The van der Waals surface area contributed by atoms with Gasteiger partial charge in [0.15, 0.2) is 0 Å². The lowest BCUT2D eigenvalue weighted by atomic mass is 9.83. The number of hydrogen-bond donors (Lipinski definition) is 1. The van der Waals surface area contributed by atoms with E-state index in [1.807, 2.05) is 10.9 Å². The number of rotatable bonds is 5. The van der Waals surface area contributed by atoms with E-state index >= 15 is 0 Å². The normalized spacial score (nSPS) is 25.8. The summed E-state index contributed by atoms with van der Waals surface area (Å²) >= 11 is 0. The van der Waals surface area contributed by atoms with Crippen LogP contribution in [0.3, 0.4) is 0 Å². The van der Waals surface area contributed by atoms with Gasteiger partial charge in [-0.25, -0.2) is 0 Å². The molecule has 0 atom stereocenters. The number of aromatic nitrogens is 3. The lowest BCUT2D eigenvalue weighted by Crippen LogP contribution is -2.28. The molecule has 2 rings (SSSR count). The summed E-state index contributed by atoms with van der Waals surface area (Å²) in [6.07, 6.45) is 9.26. The quantitative estimate of drug-likeness (QED) is 0.771. The third-order valence-electron chi connectivity index (χ3n) is 3.56. The fourth-order valence-corrected chi connectivity index (χ4v) is 2.39. The summed E-state index contributed by atoms with van der Waals surface area (Å²) in [6.45, 7) is 5.45. The van der Waals surface area contributed by atoms with Gasteiger partial charge in [0.25, 0.3) is 0 Å². The fraction of sp³-hybridized carbons (Fsp3) is 0.833. The zero-order valence-electron chi connectivity index (χ0n) is 10.1. The Morgan fingerprint density at radius 1 is 1.31 bits per heavy atom. The highest BCUT2D eigenvalue weighted by Crippen LogP contribution is 2.27. The molecule has 1 aliphatic carbocycles. The molecule has 1 aromatic heterocycles. The molecule has 90 valence electrons. The Bertz CT molecular complexity index is 275. The van der Waals surface area contributed by atoms with Crippen molar-refractivity contribution < 1.29 is 0 Å². The minimum Gasteiger partial charge on any atom is -0.315 e. The minimum absolute atomic E-state index is 0.895. The highest BCUT2D eigenvalue weighted by Gasteiger charge is 2.17. The summed E-state index contributed by atoms with van der Waals surface area (Å²) in [5.41, 5.74) is 0. The van der Waals surface area contributed by atoms with Crippen molar-refractivity contribution in [2.75, 3.05) is 13.1 Å². The predicted octanol–water partition coefficient (Wildman–Crippen LogP) is 1.69. The maximum atomic E-state index is 3.94. The molecule has 1 aromatic rings. The van der Waals surface area contributed by atoms with Crippen LogP contribution in [0.2, 0.25) is 0 Å². The van der Waals surface area contributed by atoms with Crippen LogP contribution in [-0.4, -0.2) is 28.1 Å². The van der Waals surface area contributed by atoms with E-state index in [0.29, 0.717) is 0 Å². The minimum atomic E-state index is 0.895. The standard InChI is InChI=1S/C12H22N4/c1-11-2-4-12(5-3-11)10-13-6-8-16-9-7-14-15-16/h7,9,11-13H,2-6,8,10H2,1H3. The van der Waals surface area contributed by atoms with Gasteiger partial charge in [0.05, 0.1) is 12.7 Å². The van der Waals surface area contributed by atoms with Crippen molar-refractivity contribution in [3.63, 3.8) is 0 Å². The van der Waals surface area contributed by atoms with Crippen LogP contribution < -0.4 is 5.32 Å². The van der Waals surface area contributed by atoms with Crippen molar-refractivity contribution in [1.29, 1.82) is 0 Å². The lowest BCUT2D eigenvalue weighted by Gasteiger charge is -2.26. The second-order valence-electron chi connectivity index (χ2n) is 5.00. The Morgan fingerprint density at radius 2 is 2.12 bits per heavy atom. The first-order chi connectivity index (χ1) is 7.84. The molecule has 1 aliphatic rings. The molecule has 1 saturated carbocycles. The Labute approximate surface area is 97.4 Å². The van der Waals surface area contributed by atoms with Gasteiger partial charge >= 0.3 is 0 Å². The van der Waals surface area contributed by atoms with Crippen LogP contribution in [0.4, 0.5) is 0 Å². The maximum absolute atomic E-state index is 3.94. The lowest BCUT2D eigenvalue weighted by molar-refractivity contribution is 0.280. The summed E-state index contributed by atoms with van der Waals surface area (Å²) in [5, 5.41) is 11.2. The third kappa shape index (κ3) is 3.59.